The fraction of sp³-hybridized carbons (Fsp3) is 0.308. The molecule has 1 unspecified atom stereocenters. The number of nitrogens with zero attached hydrogens (tertiary/aromatic N) is 2. The zero-order valence-corrected chi connectivity index (χ0v) is 10.1. The van der Waals surface area contributed by atoms with Crippen molar-refractivity contribution in [3.8, 4) is 0 Å². The molecule has 18 heavy (non-hydrogen) atoms. The Morgan fingerprint density at radius 3 is 2.94 bits per heavy atom. The van der Waals surface area contributed by atoms with Gasteiger partial charge in [0.05, 0.1) is 11.2 Å². The number of fused-ring (bicyclic) bond motifs is 1. The lowest BCUT2D eigenvalue weighted by Crippen LogP contribution is -2.29. The molecule has 2 rings (SSSR count). The van der Waals surface area contributed by atoms with Crippen LogP contribution in [0.15, 0.2) is 30.6 Å². The number of carbonyl (C=O) groups is 1. The maximum Gasteiger partial charge on any atom is 0.326 e. The fourth-order valence-corrected chi connectivity index (χ4v) is 1.83. The van der Waals surface area contributed by atoms with Gasteiger partial charge in [0.1, 0.15) is 11.6 Å². The Morgan fingerprint density at radius 2 is 2.22 bits per heavy atom. The van der Waals surface area contributed by atoms with E-state index in [1.54, 1.807) is 24.5 Å². The summed E-state index contributed by atoms with van der Waals surface area (Å²) in [5.74, 6) is -0.849. The van der Waals surface area contributed by atoms with Crippen LogP contribution in [0.2, 0.25) is 0 Å². The molecule has 2 N–H and O–H groups in total. The van der Waals surface area contributed by atoms with Crippen molar-refractivity contribution in [2.75, 3.05) is 5.32 Å². The van der Waals surface area contributed by atoms with Gasteiger partial charge in [-0.15, -0.1) is 0 Å². The van der Waals surface area contributed by atoms with Crippen molar-refractivity contribution in [3.05, 3.63) is 30.6 Å². The number of nitrogens with one attached hydrogen (secondary N) is 1. The predicted octanol–water partition coefficient (Wildman–Crippen LogP) is 2.29. The molecule has 2 heterocycles. The van der Waals surface area contributed by atoms with E-state index >= 15 is 0 Å². The summed E-state index contributed by atoms with van der Waals surface area (Å²) in [4.78, 5) is 19.6. The minimum absolute atomic E-state index is 0.575. The van der Waals surface area contributed by atoms with Gasteiger partial charge in [-0.2, -0.15) is 0 Å². The molecule has 1 atom stereocenters. The van der Waals surface area contributed by atoms with E-state index in [-0.39, 0.29) is 0 Å². The molecule has 94 valence electrons. The van der Waals surface area contributed by atoms with Gasteiger partial charge >= 0.3 is 5.97 Å². The first-order valence-electron chi connectivity index (χ1n) is 5.91. The van der Waals surface area contributed by atoms with Crippen molar-refractivity contribution in [2.45, 2.75) is 25.8 Å². The highest BCUT2D eigenvalue weighted by Crippen LogP contribution is 2.20. The first kappa shape index (κ1) is 12.3. The van der Waals surface area contributed by atoms with Crippen molar-refractivity contribution in [3.63, 3.8) is 0 Å². The second kappa shape index (κ2) is 5.44. The van der Waals surface area contributed by atoms with Gasteiger partial charge in [0, 0.05) is 12.4 Å². The predicted molar refractivity (Wildman–Crippen MR) is 69.5 cm³/mol. The highest BCUT2D eigenvalue weighted by molar-refractivity contribution is 5.89. The van der Waals surface area contributed by atoms with E-state index in [1.807, 2.05) is 13.0 Å². The molecule has 0 fully saturated rings. The number of anilines is 1. The number of rotatable bonds is 5. The normalized spacial score (nSPS) is 12.3. The third kappa shape index (κ3) is 2.56. The molecule has 5 nitrogen and oxygen atoms in total. The fourth-order valence-electron chi connectivity index (χ4n) is 1.83. The van der Waals surface area contributed by atoms with Gasteiger partial charge in [-0.3, -0.25) is 9.97 Å². The Hall–Kier alpha value is -2.17. The van der Waals surface area contributed by atoms with Gasteiger partial charge in [-0.05, 0) is 24.6 Å². The molecule has 0 bridgehead atoms. The van der Waals surface area contributed by atoms with Gasteiger partial charge in [-0.1, -0.05) is 13.3 Å². The minimum Gasteiger partial charge on any atom is -0.480 e. The van der Waals surface area contributed by atoms with Gasteiger partial charge in [0.2, 0.25) is 0 Å². The SMILES string of the molecule is CCCC(Nc1ccnc2cccnc12)C(=O)O. The largest absolute Gasteiger partial charge is 0.480 e. The van der Waals surface area contributed by atoms with Crippen LogP contribution in [0.4, 0.5) is 5.69 Å². The van der Waals surface area contributed by atoms with E-state index < -0.39 is 12.0 Å². The third-order valence-electron chi connectivity index (χ3n) is 2.70. The Morgan fingerprint density at radius 1 is 1.39 bits per heavy atom. The lowest BCUT2D eigenvalue weighted by atomic mass is 10.1. The smallest absolute Gasteiger partial charge is 0.326 e. The Labute approximate surface area is 105 Å². The average Bonchev–Trinajstić information content (AvgIpc) is 2.38. The Bertz CT molecular complexity index is 551. The van der Waals surface area contributed by atoms with E-state index in [0.717, 1.165) is 11.9 Å². The molecule has 2 aromatic heterocycles. The summed E-state index contributed by atoms with van der Waals surface area (Å²) in [7, 11) is 0. The van der Waals surface area contributed by atoms with Crippen molar-refractivity contribution in [2.24, 2.45) is 0 Å². The highest BCUT2D eigenvalue weighted by Gasteiger charge is 2.17. The summed E-state index contributed by atoms with van der Waals surface area (Å²) in [6.45, 7) is 1.96. The summed E-state index contributed by atoms with van der Waals surface area (Å²) in [5, 5.41) is 12.2. The van der Waals surface area contributed by atoms with E-state index in [0.29, 0.717) is 17.6 Å². The molecule has 5 heteroatoms. The summed E-state index contributed by atoms with van der Waals surface area (Å²) >= 11 is 0. The van der Waals surface area contributed by atoms with Crippen molar-refractivity contribution >= 4 is 22.7 Å². The molecular formula is C13H15N3O2. The first-order chi connectivity index (χ1) is 8.72. The van der Waals surface area contributed by atoms with Crippen LogP contribution in [0.1, 0.15) is 19.8 Å². The van der Waals surface area contributed by atoms with Crippen LogP contribution < -0.4 is 5.32 Å². The zero-order valence-electron chi connectivity index (χ0n) is 10.1. The molecule has 0 saturated heterocycles. The molecule has 0 aliphatic carbocycles. The Kier molecular flexibility index (Phi) is 3.72. The zero-order chi connectivity index (χ0) is 13.0. The second-order valence-electron chi connectivity index (χ2n) is 4.05. The van der Waals surface area contributed by atoms with Crippen molar-refractivity contribution in [1.82, 2.24) is 9.97 Å². The van der Waals surface area contributed by atoms with Gasteiger partial charge < -0.3 is 10.4 Å². The Balaban J connectivity index is 2.33. The summed E-state index contributed by atoms with van der Waals surface area (Å²) in [6.07, 6.45) is 4.70. The van der Waals surface area contributed by atoms with E-state index in [1.165, 1.54) is 0 Å². The van der Waals surface area contributed by atoms with Crippen LogP contribution in [0.5, 0.6) is 0 Å². The number of carboxylic acid groups (broad SMARTS) is 1. The number of aromatic nitrogens is 2. The lowest BCUT2D eigenvalue weighted by Gasteiger charge is -2.15. The number of hydrogen-bond donors (Lipinski definition) is 2. The summed E-state index contributed by atoms with van der Waals surface area (Å²) < 4.78 is 0. The average molecular weight is 245 g/mol. The van der Waals surface area contributed by atoms with Crippen LogP contribution in [0.3, 0.4) is 0 Å². The number of carboxylic acids is 1. The van der Waals surface area contributed by atoms with Crippen LogP contribution in [0, 0.1) is 0 Å². The quantitative estimate of drug-likeness (QED) is 0.845. The van der Waals surface area contributed by atoms with E-state index in [9.17, 15) is 4.79 Å². The number of hydrogen-bond acceptors (Lipinski definition) is 4. The molecule has 0 radical (unpaired) electrons. The molecule has 2 aromatic rings. The number of aliphatic carboxylic acids is 1. The second-order valence-corrected chi connectivity index (χ2v) is 4.05. The van der Waals surface area contributed by atoms with Gasteiger partial charge in [0.15, 0.2) is 0 Å². The maximum absolute atomic E-state index is 11.1. The van der Waals surface area contributed by atoms with Crippen LogP contribution >= 0.6 is 0 Å². The van der Waals surface area contributed by atoms with E-state index in [4.69, 9.17) is 5.11 Å². The van der Waals surface area contributed by atoms with Crippen LogP contribution in [0.25, 0.3) is 11.0 Å². The monoisotopic (exact) mass is 245 g/mol. The summed E-state index contributed by atoms with van der Waals surface area (Å²) in [6, 6.07) is 4.81. The minimum atomic E-state index is -0.849. The van der Waals surface area contributed by atoms with Gasteiger partial charge in [-0.25, -0.2) is 4.79 Å². The van der Waals surface area contributed by atoms with Crippen molar-refractivity contribution in [1.29, 1.82) is 0 Å². The lowest BCUT2D eigenvalue weighted by molar-refractivity contribution is -0.138. The topological polar surface area (TPSA) is 75.1 Å². The van der Waals surface area contributed by atoms with Gasteiger partial charge in [0.25, 0.3) is 0 Å². The van der Waals surface area contributed by atoms with Crippen LogP contribution in [-0.2, 0) is 4.79 Å². The third-order valence-corrected chi connectivity index (χ3v) is 2.70. The highest BCUT2D eigenvalue weighted by atomic mass is 16.4. The number of pyridine rings is 2. The van der Waals surface area contributed by atoms with Crippen LogP contribution in [-0.4, -0.2) is 27.1 Å². The first-order valence-corrected chi connectivity index (χ1v) is 5.91. The molecule has 0 aliphatic heterocycles. The molecular weight excluding hydrogens is 230 g/mol. The molecule has 0 spiro atoms. The summed E-state index contributed by atoms with van der Waals surface area (Å²) in [5.41, 5.74) is 2.16. The molecule has 0 aliphatic rings. The molecule has 0 saturated carbocycles. The molecule has 0 amide bonds. The molecule has 0 aromatic carbocycles. The standard InChI is InChI=1S/C13H15N3O2/c1-2-4-11(13(17)18)16-10-6-8-14-9-5-3-7-15-12(9)10/h3,5-8,11H,2,4H2,1H3,(H,14,16)(H,17,18). The van der Waals surface area contributed by atoms with Crippen molar-refractivity contribution < 1.29 is 9.90 Å². The van der Waals surface area contributed by atoms with E-state index in [2.05, 4.69) is 15.3 Å². The maximum atomic E-state index is 11.1.